The Morgan fingerprint density at radius 3 is 2.58 bits per heavy atom. The molecule has 1 fully saturated rings. The molecule has 3 amide bonds. The molecule has 3 rings (SSSR count). The number of allylic oxidation sites excluding steroid dienone is 1. The topological polar surface area (TPSA) is 88.7 Å². The zero-order valence-corrected chi connectivity index (χ0v) is 15.3. The third kappa shape index (κ3) is 3.61. The minimum absolute atomic E-state index is 0.165. The van der Waals surface area contributed by atoms with Gasteiger partial charge in [-0.25, -0.2) is 4.79 Å². The molecule has 0 radical (unpaired) electrons. The second-order valence-corrected chi connectivity index (χ2v) is 6.69. The lowest BCUT2D eigenvalue weighted by Gasteiger charge is -2.30. The number of benzene rings is 1. The van der Waals surface area contributed by atoms with Crippen molar-refractivity contribution in [2.24, 2.45) is 5.92 Å². The number of methoxy groups -OCH3 is 2. The number of rotatable bonds is 6. The second kappa shape index (κ2) is 7.68. The van der Waals surface area contributed by atoms with E-state index >= 15 is 0 Å². The molecule has 0 saturated heterocycles. The monoisotopic (exact) mass is 359 g/mol. The van der Waals surface area contributed by atoms with E-state index in [1.165, 1.54) is 6.42 Å². The van der Waals surface area contributed by atoms with Crippen molar-refractivity contribution in [3.05, 3.63) is 35.0 Å². The van der Waals surface area contributed by atoms with Gasteiger partial charge >= 0.3 is 6.03 Å². The Labute approximate surface area is 153 Å². The smallest absolute Gasteiger partial charge is 0.319 e. The molecule has 0 bridgehead atoms. The van der Waals surface area contributed by atoms with Gasteiger partial charge < -0.3 is 25.4 Å². The third-order valence-electron chi connectivity index (χ3n) is 5.03. The molecule has 0 aromatic heterocycles. The van der Waals surface area contributed by atoms with Crippen LogP contribution in [-0.2, 0) is 4.79 Å². The van der Waals surface area contributed by atoms with Gasteiger partial charge in [-0.05, 0) is 43.4 Å². The summed E-state index contributed by atoms with van der Waals surface area (Å²) >= 11 is 0. The normalized spacial score (nSPS) is 20.0. The van der Waals surface area contributed by atoms with E-state index in [1.807, 2.05) is 6.07 Å². The molecule has 140 valence electrons. The first-order chi connectivity index (χ1) is 12.5. The van der Waals surface area contributed by atoms with Gasteiger partial charge in [0.25, 0.3) is 5.91 Å². The van der Waals surface area contributed by atoms with Crippen LogP contribution in [0.3, 0.4) is 0 Å². The van der Waals surface area contributed by atoms with Gasteiger partial charge in [0.2, 0.25) is 0 Å². The molecular weight excluding hydrogens is 334 g/mol. The largest absolute Gasteiger partial charge is 0.493 e. The maximum atomic E-state index is 12.8. The summed E-state index contributed by atoms with van der Waals surface area (Å²) in [6.45, 7) is 2.41. The fourth-order valence-corrected chi connectivity index (χ4v) is 3.31. The molecule has 1 aromatic carbocycles. The van der Waals surface area contributed by atoms with Crippen LogP contribution in [0, 0.1) is 5.92 Å². The lowest BCUT2D eigenvalue weighted by Crippen LogP contribution is -2.47. The maximum Gasteiger partial charge on any atom is 0.319 e. The van der Waals surface area contributed by atoms with Gasteiger partial charge in [0, 0.05) is 12.2 Å². The Morgan fingerprint density at radius 2 is 1.96 bits per heavy atom. The number of hydrogen-bond donors (Lipinski definition) is 3. The van der Waals surface area contributed by atoms with Gasteiger partial charge in [-0.15, -0.1) is 0 Å². The van der Waals surface area contributed by atoms with Gasteiger partial charge in [0.05, 0.1) is 25.8 Å². The molecule has 2 aliphatic rings. The standard InChI is InChI=1S/C19H25N3O4/c1-11-16(18(23)20-10-12-5-4-6-12)17(22-19(24)21-11)13-7-8-14(25-2)15(9-13)26-3/h7-9,12,17H,4-6,10H2,1-3H3,(H,20,23)(H2,21,22,24). The Balaban J connectivity index is 1.88. The van der Waals surface area contributed by atoms with Crippen molar-refractivity contribution in [1.82, 2.24) is 16.0 Å². The quantitative estimate of drug-likeness (QED) is 0.727. The summed E-state index contributed by atoms with van der Waals surface area (Å²) in [5.41, 5.74) is 1.82. The fourth-order valence-electron chi connectivity index (χ4n) is 3.31. The molecule has 7 nitrogen and oxygen atoms in total. The van der Waals surface area contributed by atoms with Crippen LogP contribution >= 0.6 is 0 Å². The van der Waals surface area contributed by atoms with Crippen molar-refractivity contribution in [3.63, 3.8) is 0 Å². The molecule has 1 atom stereocenters. The lowest BCUT2D eigenvalue weighted by molar-refractivity contribution is -0.118. The zero-order valence-electron chi connectivity index (χ0n) is 15.3. The van der Waals surface area contributed by atoms with Crippen molar-refractivity contribution in [2.75, 3.05) is 20.8 Å². The van der Waals surface area contributed by atoms with Gasteiger partial charge in [-0.2, -0.15) is 0 Å². The lowest BCUT2D eigenvalue weighted by atomic mass is 9.85. The van der Waals surface area contributed by atoms with Crippen LogP contribution in [-0.4, -0.2) is 32.7 Å². The molecule has 1 heterocycles. The molecule has 0 spiro atoms. The van der Waals surface area contributed by atoms with Crippen LogP contribution in [0.4, 0.5) is 4.79 Å². The molecular formula is C19H25N3O4. The SMILES string of the molecule is COc1ccc(C2NC(=O)NC(C)=C2C(=O)NCC2CCC2)cc1OC. The second-order valence-electron chi connectivity index (χ2n) is 6.69. The summed E-state index contributed by atoms with van der Waals surface area (Å²) in [7, 11) is 3.11. The van der Waals surface area contributed by atoms with Crippen molar-refractivity contribution in [2.45, 2.75) is 32.2 Å². The highest BCUT2D eigenvalue weighted by atomic mass is 16.5. The van der Waals surface area contributed by atoms with Gasteiger partial charge in [0.15, 0.2) is 11.5 Å². The highest BCUT2D eigenvalue weighted by Gasteiger charge is 2.32. The van der Waals surface area contributed by atoms with Crippen molar-refractivity contribution < 1.29 is 19.1 Å². The van der Waals surface area contributed by atoms with Gasteiger partial charge in [-0.3, -0.25) is 4.79 Å². The number of amides is 3. The summed E-state index contributed by atoms with van der Waals surface area (Å²) in [5, 5.41) is 8.53. The Kier molecular flexibility index (Phi) is 5.35. The van der Waals surface area contributed by atoms with E-state index in [-0.39, 0.29) is 11.9 Å². The molecule has 26 heavy (non-hydrogen) atoms. The molecule has 1 aliphatic carbocycles. The third-order valence-corrected chi connectivity index (χ3v) is 5.03. The highest BCUT2D eigenvalue weighted by Crippen LogP contribution is 2.34. The van der Waals surface area contributed by atoms with E-state index in [0.29, 0.717) is 35.2 Å². The Morgan fingerprint density at radius 1 is 1.23 bits per heavy atom. The van der Waals surface area contributed by atoms with E-state index in [1.54, 1.807) is 33.3 Å². The summed E-state index contributed by atoms with van der Waals surface area (Å²) < 4.78 is 10.6. The summed E-state index contributed by atoms with van der Waals surface area (Å²) in [6.07, 6.45) is 3.55. The van der Waals surface area contributed by atoms with Crippen LogP contribution in [0.5, 0.6) is 11.5 Å². The van der Waals surface area contributed by atoms with Crippen molar-refractivity contribution >= 4 is 11.9 Å². The van der Waals surface area contributed by atoms with E-state index in [0.717, 1.165) is 18.4 Å². The number of carbonyl (C=O) groups is 2. The van der Waals surface area contributed by atoms with Crippen LogP contribution in [0.15, 0.2) is 29.5 Å². The van der Waals surface area contributed by atoms with E-state index in [9.17, 15) is 9.59 Å². The first kappa shape index (κ1) is 18.1. The summed E-state index contributed by atoms with van der Waals surface area (Å²) in [5.74, 6) is 1.53. The first-order valence-corrected chi connectivity index (χ1v) is 8.82. The minimum atomic E-state index is -0.551. The number of carbonyl (C=O) groups excluding carboxylic acids is 2. The van der Waals surface area contributed by atoms with Gasteiger partial charge in [-0.1, -0.05) is 12.5 Å². The number of nitrogens with one attached hydrogen (secondary N) is 3. The predicted molar refractivity (Wildman–Crippen MR) is 97.0 cm³/mol. The van der Waals surface area contributed by atoms with Crippen molar-refractivity contribution in [1.29, 1.82) is 0 Å². The maximum absolute atomic E-state index is 12.8. The molecule has 1 saturated carbocycles. The number of hydrogen-bond acceptors (Lipinski definition) is 4. The first-order valence-electron chi connectivity index (χ1n) is 8.82. The average Bonchev–Trinajstić information content (AvgIpc) is 2.58. The van der Waals surface area contributed by atoms with Crippen LogP contribution < -0.4 is 25.4 Å². The Bertz CT molecular complexity index is 740. The predicted octanol–water partition coefficient (Wildman–Crippen LogP) is 2.25. The van der Waals surface area contributed by atoms with Crippen LogP contribution in [0.2, 0.25) is 0 Å². The van der Waals surface area contributed by atoms with Gasteiger partial charge in [0.1, 0.15) is 0 Å². The van der Waals surface area contributed by atoms with E-state index < -0.39 is 6.04 Å². The summed E-state index contributed by atoms with van der Waals surface area (Å²) in [4.78, 5) is 24.8. The Hall–Kier alpha value is -2.70. The zero-order chi connectivity index (χ0) is 18.7. The number of ether oxygens (including phenoxy) is 2. The highest BCUT2D eigenvalue weighted by molar-refractivity contribution is 5.98. The molecule has 1 unspecified atom stereocenters. The average molecular weight is 359 g/mol. The fraction of sp³-hybridized carbons (Fsp3) is 0.474. The summed E-state index contributed by atoms with van der Waals surface area (Å²) in [6, 6.07) is 4.48. The van der Waals surface area contributed by atoms with E-state index in [4.69, 9.17) is 9.47 Å². The van der Waals surface area contributed by atoms with Crippen LogP contribution in [0.1, 0.15) is 37.8 Å². The number of urea groups is 1. The molecule has 1 aliphatic heterocycles. The minimum Gasteiger partial charge on any atom is -0.493 e. The van der Waals surface area contributed by atoms with Crippen molar-refractivity contribution in [3.8, 4) is 11.5 Å². The molecule has 3 N–H and O–H groups in total. The molecule has 1 aromatic rings. The van der Waals surface area contributed by atoms with Crippen LogP contribution in [0.25, 0.3) is 0 Å². The molecule has 7 heteroatoms. The van der Waals surface area contributed by atoms with E-state index in [2.05, 4.69) is 16.0 Å².